The summed E-state index contributed by atoms with van der Waals surface area (Å²) in [5.41, 5.74) is 8.08. The summed E-state index contributed by atoms with van der Waals surface area (Å²) < 4.78 is 0. The normalized spacial score (nSPS) is 15.2. The van der Waals surface area contributed by atoms with Gasteiger partial charge in [0.25, 0.3) is 0 Å². The molecule has 0 atom stereocenters. The molecule has 1 aliphatic rings. The smallest absolute Gasteiger partial charge is 0.223 e. The molecular weight excluding hydrogens is 276 g/mol. The highest BCUT2D eigenvalue weighted by atomic mass is 16.1. The average Bonchev–Trinajstić information content (AvgIpc) is 2.46. The van der Waals surface area contributed by atoms with Crippen molar-refractivity contribution in [3.63, 3.8) is 0 Å². The van der Waals surface area contributed by atoms with E-state index < -0.39 is 0 Å². The minimum Gasteiger partial charge on any atom is -0.370 e. The number of guanidine groups is 1. The number of aliphatic imine (C=N–C) groups is 1. The molecule has 1 amide bonds. The Balaban J connectivity index is 1.63. The Kier molecular flexibility index (Phi) is 6.25. The van der Waals surface area contributed by atoms with E-state index in [0.29, 0.717) is 19.0 Å². The van der Waals surface area contributed by atoms with Crippen LogP contribution in [0.1, 0.15) is 38.2 Å². The van der Waals surface area contributed by atoms with Gasteiger partial charge in [0.05, 0.1) is 0 Å². The van der Waals surface area contributed by atoms with Gasteiger partial charge in [0.1, 0.15) is 0 Å². The molecule has 0 heterocycles. The summed E-state index contributed by atoms with van der Waals surface area (Å²) in [6, 6.07) is 8.15. The quantitative estimate of drug-likeness (QED) is 0.411. The third-order valence-electron chi connectivity index (χ3n) is 4.03. The van der Waals surface area contributed by atoms with E-state index in [-0.39, 0.29) is 11.8 Å². The van der Waals surface area contributed by atoms with Crippen molar-refractivity contribution in [3.05, 3.63) is 29.8 Å². The van der Waals surface area contributed by atoms with Crippen molar-refractivity contribution in [3.8, 4) is 0 Å². The lowest BCUT2D eigenvalue weighted by atomic mass is 9.85. The molecule has 0 aliphatic heterocycles. The molecule has 0 unspecified atom stereocenters. The number of nitrogens with zero attached hydrogens (tertiary/aromatic N) is 1. The summed E-state index contributed by atoms with van der Waals surface area (Å²) in [6.45, 7) is 3.40. The number of amides is 1. The van der Waals surface area contributed by atoms with E-state index in [1.807, 2.05) is 12.1 Å². The maximum Gasteiger partial charge on any atom is 0.223 e. The SMILES string of the molecule is CCc1ccc(NC(N)=NCCCNC(=O)C2CCC2)cc1. The second kappa shape index (κ2) is 8.41. The van der Waals surface area contributed by atoms with Gasteiger partial charge in [-0.3, -0.25) is 9.79 Å². The zero-order chi connectivity index (χ0) is 15.8. The van der Waals surface area contributed by atoms with Crippen LogP contribution in [0.2, 0.25) is 0 Å². The van der Waals surface area contributed by atoms with Crippen LogP contribution < -0.4 is 16.4 Å². The van der Waals surface area contributed by atoms with Crippen molar-refractivity contribution in [2.75, 3.05) is 18.4 Å². The summed E-state index contributed by atoms with van der Waals surface area (Å²) >= 11 is 0. The van der Waals surface area contributed by atoms with E-state index in [1.54, 1.807) is 0 Å². The number of benzene rings is 1. The number of nitrogens with one attached hydrogen (secondary N) is 2. The minimum absolute atomic E-state index is 0.192. The first-order chi connectivity index (χ1) is 10.7. The number of aryl methyl sites for hydroxylation is 1. The molecule has 0 aromatic heterocycles. The van der Waals surface area contributed by atoms with Crippen LogP contribution in [0.4, 0.5) is 5.69 Å². The lowest BCUT2D eigenvalue weighted by Crippen LogP contribution is -2.35. The maximum atomic E-state index is 11.6. The van der Waals surface area contributed by atoms with Crippen LogP contribution in [0.5, 0.6) is 0 Å². The Hall–Kier alpha value is -2.04. The summed E-state index contributed by atoms with van der Waals surface area (Å²) in [5, 5.41) is 6.02. The van der Waals surface area contributed by atoms with Crippen LogP contribution in [-0.2, 0) is 11.2 Å². The van der Waals surface area contributed by atoms with Crippen molar-refractivity contribution in [2.45, 2.75) is 39.0 Å². The molecule has 4 N–H and O–H groups in total. The van der Waals surface area contributed by atoms with Gasteiger partial charge < -0.3 is 16.4 Å². The first kappa shape index (κ1) is 16.3. The Morgan fingerprint density at radius 2 is 2.05 bits per heavy atom. The fourth-order valence-corrected chi connectivity index (χ4v) is 2.32. The van der Waals surface area contributed by atoms with Crippen LogP contribution in [0.25, 0.3) is 0 Å². The van der Waals surface area contributed by atoms with Gasteiger partial charge in [-0.05, 0) is 43.4 Å². The molecule has 5 nitrogen and oxygen atoms in total. The third kappa shape index (κ3) is 5.06. The standard InChI is InChI=1S/C17H26N4O/c1-2-13-7-9-15(10-8-13)21-17(18)20-12-4-11-19-16(22)14-5-3-6-14/h7-10,14H,2-6,11-12H2,1H3,(H,19,22)(H3,18,20,21). The molecule has 5 heteroatoms. The molecule has 120 valence electrons. The Bertz CT molecular complexity index is 506. The lowest BCUT2D eigenvalue weighted by Gasteiger charge is -2.23. The molecule has 1 aromatic carbocycles. The number of carbonyl (C=O) groups excluding carboxylic acids is 1. The molecule has 1 aromatic rings. The molecule has 0 radical (unpaired) electrons. The maximum absolute atomic E-state index is 11.6. The number of hydrogen-bond donors (Lipinski definition) is 3. The Morgan fingerprint density at radius 1 is 1.32 bits per heavy atom. The molecule has 1 fully saturated rings. The molecule has 22 heavy (non-hydrogen) atoms. The van der Waals surface area contributed by atoms with Crippen LogP contribution in [0.15, 0.2) is 29.3 Å². The van der Waals surface area contributed by atoms with E-state index in [4.69, 9.17) is 5.73 Å². The predicted octanol–water partition coefficient (Wildman–Crippen LogP) is 2.28. The first-order valence-corrected chi connectivity index (χ1v) is 8.12. The molecule has 1 saturated carbocycles. The minimum atomic E-state index is 0.192. The molecule has 0 saturated heterocycles. The van der Waals surface area contributed by atoms with E-state index in [1.165, 1.54) is 12.0 Å². The second-order valence-corrected chi connectivity index (χ2v) is 5.71. The summed E-state index contributed by atoms with van der Waals surface area (Å²) in [6.07, 6.45) is 5.09. The largest absolute Gasteiger partial charge is 0.370 e. The van der Waals surface area contributed by atoms with Crippen LogP contribution >= 0.6 is 0 Å². The highest BCUT2D eigenvalue weighted by Gasteiger charge is 2.24. The van der Waals surface area contributed by atoms with Crippen molar-refractivity contribution in [1.29, 1.82) is 0 Å². The van der Waals surface area contributed by atoms with Crippen LogP contribution in [-0.4, -0.2) is 25.0 Å². The van der Waals surface area contributed by atoms with Crippen LogP contribution in [0.3, 0.4) is 0 Å². The number of anilines is 1. The topological polar surface area (TPSA) is 79.5 Å². The Morgan fingerprint density at radius 3 is 2.64 bits per heavy atom. The van der Waals surface area contributed by atoms with Crippen molar-refractivity contribution >= 4 is 17.6 Å². The Labute approximate surface area is 132 Å². The van der Waals surface area contributed by atoms with Gasteiger partial charge >= 0.3 is 0 Å². The monoisotopic (exact) mass is 302 g/mol. The molecule has 1 aliphatic carbocycles. The van der Waals surface area contributed by atoms with Crippen molar-refractivity contribution in [2.24, 2.45) is 16.6 Å². The van der Waals surface area contributed by atoms with Gasteiger partial charge in [-0.1, -0.05) is 25.5 Å². The molecular formula is C17H26N4O. The van der Waals surface area contributed by atoms with Gasteiger partial charge in [0.15, 0.2) is 5.96 Å². The number of hydrogen-bond acceptors (Lipinski definition) is 2. The number of carbonyl (C=O) groups is 1. The van der Waals surface area contributed by atoms with Gasteiger partial charge in [-0.2, -0.15) is 0 Å². The lowest BCUT2D eigenvalue weighted by molar-refractivity contribution is -0.127. The molecule has 0 bridgehead atoms. The van der Waals surface area contributed by atoms with Crippen molar-refractivity contribution < 1.29 is 4.79 Å². The summed E-state index contributed by atoms with van der Waals surface area (Å²) in [4.78, 5) is 15.9. The van der Waals surface area contributed by atoms with E-state index in [2.05, 4.69) is 34.7 Å². The van der Waals surface area contributed by atoms with Crippen molar-refractivity contribution in [1.82, 2.24) is 5.32 Å². The van der Waals surface area contributed by atoms with Gasteiger partial charge in [0, 0.05) is 24.7 Å². The summed E-state index contributed by atoms with van der Waals surface area (Å²) in [7, 11) is 0. The van der Waals surface area contributed by atoms with E-state index >= 15 is 0 Å². The number of nitrogens with two attached hydrogens (primary N) is 1. The van der Waals surface area contributed by atoms with Gasteiger partial charge in [-0.25, -0.2) is 0 Å². The molecule has 2 rings (SSSR count). The number of rotatable bonds is 7. The highest BCUT2D eigenvalue weighted by Crippen LogP contribution is 2.25. The molecule has 0 spiro atoms. The highest BCUT2D eigenvalue weighted by molar-refractivity contribution is 5.92. The van der Waals surface area contributed by atoms with Gasteiger partial charge in [-0.15, -0.1) is 0 Å². The third-order valence-corrected chi connectivity index (χ3v) is 4.03. The first-order valence-electron chi connectivity index (χ1n) is 8.12. The average molecular weight is 302 g/mol. The van der Waals surface area contributed by atoms with Crippen LogP contribution in [0, 0.1) is 5.92 Å². The van der Waals surface area contributed by atoms with Gasteiger partial charge in [0.2, 0.25) is 5.91 Å². The summed E-state index contributed by atoms with van der Waals surface area (Å²) in [5.74, 6) is 0.855. The zero-order valence-electron chi connectivity index (χ0n) is 13.3. The predicted molar refractivity (Wildman–Crippen MR) is 90.9 cm³/mol. The second-order valence-electron chi connectivity index (χ2n) is 5.71. The van der Waals surface area contributed by atoms with E-state index in [0.717, 1.165) is 31.4 Å². The fourth-order valence-electron chi connectivity index (χ4n) is 2.32. The van der Waals surface area contributed by atoms with E-state index in [9.17, 15) is 4.79 Å². The fraction of sp³-hybridized carbons (Fsp3) is 0.529. The zero-order valence-corrected chi connectivity index (χ0v) is 13.3.